The molecular weight excluding hydrogens is 342 g/mol. The van der Waals surface area contributed by atoms with E-state index in [1.54, 1.807) is 16.0 Å². The van der Waals surface area contributed by atoms with E-state index in [2.05, 4.69) is 17.9 Å². The molecule has 0 atom stereocenters. The van der Waals surface area contributed by atoms with Crippen LogP contribution in [-0.4, -0.2) is 35.0 Å². The van der Waals surface area contributed by atoms with Gasteiger partial charge in [-0.2, -0.15) is 11.3 Å². The van der Waals surface area contributed by atoms with Gasteiger partial charge in [0.15, 0.2) is 5.78 Å². The van der Waals surface area contributed by atoms with Crippen LogP contribution in [0.4, 0.5) is 0 Å². The maximum absolute atomic E-state index is 12.7. The van der Waals surface area contributed by atoms with Crippen LogP contribution in [0.25, 0.3) is 16.5 Å². The van der Waals surface area contributed by atoms with Crippen LogP contribution < -0.4 is 5.84 Å². The van der Waals surface area contributed by atoms with Crippen molar-refractivity contribution in [2.24, 2.45) is 0 Å². The SMILES string of the molecule is CCCN1CC=C(c2cn(N)c3ccc(C(=O)c4ccsc4)cc23)CC1. The van der Waals surface area contributed by atoms with Gasteiger partial charge in [-0.15, -0.1) is 0 Å². The Morgan fingerprint density at radius 2 is 2.15 bits per heavy atom. The van der Waals surface area contributed by atoms with Crippen molar-refractivity contribution >= 4 is 33.6 Å². The van der Waals surface area contributed by atoms with Gasteiger partial charge in [-0.05, 0) is 54.6 Å². The fourth-order valence-corrected chi connectivity index (χ4v) is 4.32. The summed E-state index contributed by atoms with van der Waals surface area (Å²) in [4.78, 5) is 15.2. The maximum Gasteiger partial charge on any atom is 0.193 e. The highest BCUT2D eigenvalue weighted by molar-refractivity contribution is 7.08. The molecule has 0 spiro atoms. The summed E-state index contributed by atoms with van der Waals surface area (Å²) in [5.74, 6) is 6.24. The zero-order chi connectivity index (χ0) is 18.1. The van der Waals surface area contributed by atoms with Crippen molar-refractivity contribution in [1.82, 2.24) is 9.58 Å². The number of fused-ring (bicyclic) bond motifs is 1. The Balaban J connectivity index is 1.72. The molecule has 2 N–H and O–H groups in total. The van der Waals surface area contributed by atoms with Gasteiger partial charge >= 0.3 is 0 Å². The summed E-state index contributed by atoms with van der Waals surface area (Å²) in [6.45, 7) is 5.41. The van der Waals surface area contributed by atoms with E-state index < -0.39 is 0 Å². The molecule has 0 saturated heterocycles. The van der Waals surface area contributed by atoms with Crippen LogP contribution in [0.3, 0.4) is 0 Å². The van der Waals surface area contributed by atoms with E-state index in [4.69, 9.17) is 5.84 Å². The molecule has 4 rings (SSSR count). The second-order valence-electron chi connectivity index (χ2n) is 6.80. The number of thiophene rings is 1. The molecule has 1 aliphatic rings. The molecule has 1 aromatic carbocycles. The zero-order valence-electron chi connectivity index (χ0n) is 14.9. The van der Waals surface area contributed by atoms with Crippen LogP contribution in [0.2, 0.25) is 0 Å². The number of benzene rings is 1. The lowest BCUT2D eigenvalue weighted by Gasteiger charge is -2.25. The molecule has 0 fully saturated rings. The highest BCUT2D eigenvalue weighted by Crippen LogP contribution is 2.31. The lowest BCUT2D eigenvalue weighted by molar-refractivity contribution is 0.103. The summed E-state index contributed by atoms with van der Waals surface area (Å²) in [5.41, 5.74) is 4.89. The molecule has 2 aromatic heterocycles. The standard InChI is InChI=1S/C21H23N3OS/c1-2-8-23-9-5-15(6-10-23)19-13-24(22)20-4-3-16(12-18(19)20)21(25)17-7-11-26-14-17/h3-5,7,11-14H,2,6,8-10,22H2,1H3. The molecule has 0 unspecified atom stereocenters. The Morgan fingerprint density at radius 3 is 2.85 bits per heavy atom. The smallest absolute Gasteiger partial charge is 0.193 e. The summed E-state index contributed by atoms with van der Waals surface area (Å²) in [6, 6.07) is 7.68. The summed E-state index contributed by atoms with van der Waals surface area (Å²) < 4.78 is 1.67. The van der Waals surface area contributed by atoms with E-state index in [-0.39, 0.29) is 5.78 Å². The fourth-order valence-electron chi connectivity index (χ4n) is 3.69. The minimum Gasteiger partial charge on any atom is -0.339 e. The number of rotatable bonds is 5. The van der Waals surface area contributed by atoms with Crippen molar-refractivity contribution in [3.63, 3.8) is 0 Å². The van der Waals surface area contributed by atoms with E-state index in [0.717, 1.165) is 48.1 Å². The van der Waals surface area contributed by atoms with Crippen molar-refractivity contribution in [2.45, 2.75) is 19.8 Å². The highest BCUT2D eigenvalue weighted by Gasteiger charge is 2.18. The lowest BCUT2D eigenvalue weighted by Crippen LogP contribution is -2.29. The number of carbonyl (C=O) groups is 1. The van der Waals surface area contributed by atoms with Gasteiger partial charge in [0.2, 0.25) is 0 Å². The van der Waals surface area contributed by atoms with Gasteiger partial charge in [0.1, 0.15) is 0 Å². The van der Waals surface area contributed by atoms with Gasteiger partial charge in [-0.25, -0.2) is 0 Å². The number of nitrogen functional groups attached to an aromatic ring is 1. The zero-order valence-corrected chi connectivity index (χ0v) is 15.8. The summed E-state index contributed by atoms with van der Waals surface area (Å²) in [7, 11) is 0. The third kappa shape index (κ3) is 3.08. The summed E-state index contributed by atoms with van der Waals surface area (Å²) in [5, 5.41) is 4.89. The summed E-state index contributed by atoms with van der Waals surface area (Å²) in [6.07, 6.45) is 6.49. The van der Waals surface area contributed by atoms with Crippen LogP contribution in [0, 0.1) is 0 Å². The molecule has 4 nitrogen and oxygen atoms in total. The third-order valence-electron chi connectivity index (χ3n) is 5.06. The van der Waals surface area contributed by atoms with E-state index in [1.807, 2.05) is 41.2 Å². The van der Waals surface area contributed by atoms with Crippen LogP contribution in [-0.2, 0) is 0 Å². The fraction of sp³-hybridized carbons (Fsp3) is 0.286. The number of ketones is 1. The largest absolute Gasteiger partial charge is 0.339 e. The van der Waals surface area contributed by atoms with Gasteiger partial charge in [-0.3, -0.25) is 14.4 Å². The van der Waals surface area contributed by atoms with Crippen molar-refractivity contribution in [3.8, 4) is 0 Å². The Kier molecular flexibility index (Phi) is 4.66. The third-order valence-corrected chi connectivity index (χ3v) is 5.74. The monoisotopic (exact) mass is 365 g/mol. The normalized spacial score (nSPS) is 15.3. The van der Waals surface area contributed by atoms with Crippen molar-refractivity contribution in [2.75, 3.05) is 25.5 Å². The first-order chi connectivity index (χ1) is 12.7. The van der Waals surface area contributed by atoms with Gasteiger partial charge in [0, 0.05) is 46.7 Å². The quantitative estimate of drug-likeness (QED) is 0.546. The molecule has 1 aliphatic heterocycles. The van der Waals surface area contributed by atoms with Gasteiger partial charge in [0.05, 0.1) is 5.52 Å². The molecular formula is C21H23N3OS. The van der Waals surface area contributed by atoms with Gasteiger partial charge in [-0.1, -0.05) is 13.0 Å². The first-order valence-corrected chi connectivity index (χ1v) is 10.0. The molecule has 0 bridgehead atoms. The van der Waals surface area contributed by atoms with Crippen LogP contribution in [0.5, 0.6) is 0 Å². The van der Waals surface area contributed by atoms with Crippen molar-refractivity contribution in [1.29, 1.82) is 0 Å². The van der Waals surface area contributed by atoms with E-state index in [0.29, 0.717) is 5.56 Å². The Hall–Kier alpha value is -2.37. The first kappa shape index (κ1) is 17.1. The Labute approximate surface area is 157 Å². The number of carbonyl (C=O) groups excluding carboxylic acids is 1. The number of nitrogens with zero attached hydrogens (tertiary/aromatic N) is 2. The van der Waals surface area contributed by atoms with Gasteiger partial charge in [0.25, 0.3) is 0 Å². The molecule has 5 heteroatoms. The van der Waals surface area contributed by atoms with E-state index in [1.165, 1.54) is 12.0 Å². The van der Waals surface area contributed by atoms with Gasteiger partial charge < -0.3 is 5.84 Å². The number of aromatic nitrogens is 1. The summed E-state index contributed by atoms with van der Waals surface area (Å²) >= 11 is 1.54. The highest BCUT2D eigenvalue weighted by atomic mass is 32.1. The molecule has 0 saturated carbocycles. The predicted molar refractivity (Wildman–Crippen MR) is 109 cm³/mol. The molecule has 0 aliphatic carbocycles. The van der Waals surface area contributed by atoms with Crippen LogP contribution in [0.15, 0.2) is 47.3 Å². The van der Waals surface area contributed by atoms with Crippen molar-refractivity contribution < 1.29 is 4.79 Å². The molecule has 0 radical (unpaired) electrons. The first-order valence-electron chi connectivity index (χ1n) is 9.06. The van der Waals surface area contributed by atoms with E-state index in [9.17, 15) is 4.79 Å². The number of hydrogen-bond acceptors (Lipinski definition) is 4. The molecule has 3 heterocycles. The molecule has 0 amide bonds. The molecule has 26 heavy (non-hydrogen) atoms. The van der Waals surface area contributed by atoms with Crippen LogP contribution in [0.1, 0.15) is 41.3 Å². The maximum atomic E-state index is 12.7. The average Bonchev–Trinajstić information content (AvgIpc) is 3.30. The lowest BCUT2D eigenvalue weighted by atomic mass is 9.96. The minimum atomic E-state index is 0.0654. The second kappa shape index (κ2) is 7.09. The molecule has 134 valence electrons. The van der Waals surface area contributed by atoms with E-state index >= 15 is 0 Å². The number of nitrogens with two attached hydrogens (primary N) is 1. The second-order valence-corrected chi connectivity index (χ2v) is 7.58. The Morgan fingerprint density at radius 1 is 1.27 bits per heavy atom. The average molecular weight is 366 g/mol. The Bertz CT molecular complexity index is 969. The predicted octanol–water partition coefficient (Wildman–Crippen LogP) is 4.15. The van der Waals surface area contributed by atoms with Crippen LogP contribution >= 0.6 is 11.3 Å². The minimum absolute atomic E-state index is 0.0654. The van der Waals surface area contributed by atoms with Crippen molar-refractivity contribution in [3.05, 3.63) is 64.0 Å². The topological polar surface area (TPSA) is 51.3 Å². The number of hydrogen-bond donors (Lipinski definition) is 1. The molecule has 3 aromatic rings.